The number of benzene rings is 3. The first kappa shape index (κ1) is 24.6. The Balaban J connectivity index is 0.00000324. The number of nitrogens with zero attached hydrogens (tertiary/aromatic N) is 5. The number of amidine groups is 1. The van der Waals surface area contributed by atoms with Gasteiger partial charge in [0.15, 0.2) is 5.78 Å². The first-order valence-corrected chi connectivity index (χ1v) is 9.95. The zero-order valence-electron chi connectivity index (χ0n) is 17.5. The van der Waals surface area contributed by atoms with Gasteiger partial charge < -0.3 is 12.4 Å². The second-order valence-electron chi connectivity index (χ2n) is 7.05. The number of carbonyl (C=O) groups is 1. The fraction of sp³-hybridized carbons (Fsp3) is 0.0476. The summed E-state index contributed by atoms with van der Waals surface area (Å²) in [6.45, 7) is 1.45. The third-order valence-corrected chi connectivity index (χ3v) is 5.22. The molecule has 3 aromatic carbocycles. The molecule has 0 aliphatic carbocycles. The number of rotatable bonds is 6. The molecule has 0 unspecified atom stereocenters. The lowest BCUT2D eigenvalue weighted by Gasteiger charge is -2.24. The molecule has 3 aromatic rings. The van der Waals surface area contributed by atoms with Crippen LogP contribution in [0.2, 0.25) is 5.02 Å². The highest BCUT2D eigenvalue weighted by Crippen LogP contribution is 2.32. The van der Waals surface area contributed by atoms with Crippen LogP contribution in [-0.2, 0) is 0 Å². The molecule has 174 valence electrons. The molecule has 11 nitrogen and oxygen atoms in total. The van der Waals surface area contributed by atoms with E-state index < -0.39 is 9.85 Å². The summed E-state index contributed by atoms with van der Waals surface area (Å²) in [4.78, 5) is 33.1. The molecule has 0 spiro atoms. The molecule has 0 saturated heterocycles. The average Bonchev–Trinajstić information content (AvgIpc) is 3.24. The van der Waals surface area contributed by atoms with E-state index in [0.717, 1.165) is 0 Å². The number of carbonyl (C=O) groups excluding carboxylic acids is 1. The Kier molecular flexibility index (Phi) is 7.11. The SMILES string of the molecule is CC(=O)c1ccc(N2N=C(c3cccc([N+](=O)[O-])c3)[NH2+]N2c2cc([N+](=O)[O-])ccc2Cl)cc1.[Cl-]. The van der Waals surface area contributed by atoms with Gasteiger partial charge in [0.2, 0.25) is 0 Å². The number of nitrogens with two attached hydrogens (primary N) is 1. The van der Waals surface area contributed by atoms with Crippen molar-refractivity contribution in [1.82, 2.24) is 0 Å². The Morgan fingerprint density at radius 1 is 0.971 bits per heavy atom. The normalized spacial score (nSPS) is 12.7. The van der Waals surface area contributed by atoms with E-state index in [4.69, 9.17) is 11.6 Å². The van der Waals surface area contributed by atoms with Gasteiger partial charge >= 0.3 is 0 Å². The van der Waals surface area contributed by atoms with Crippen LogP contribution in [0.1, 0.15) is 22.8 Å². The fourth-order valence-corrected chi connectivity index (χ4v) is 3.44. The van der Waals surface area contributed by atoms with Gasteiger partial charge in [-0.1, -0.05) is 22.8 Å². The maximum Gasteiger partial charge on any atom is 0.277 e. The van der Waals surface area contributed by atoms with Crippen molar-refractivity contribution in [1.29, 1.82) is 0 Å². The van der Waals surface area contributed by atoms with Gasteiger partial charge in [0.05, 0.1) is 26.1 Å². The van der Waals surface area contributed by atoms with Crippen LogP contribution in [0.5, 0.6) is 0 Å². The maximum atomic E-state index is 11.6. The number of hydrogen-bond acceptors (Lipinski definition) is 8. The largest absolute Gasteiger partial charge is 1.00 e. The lowest BCUT2D eigenvalue weighted by atomic mass is 10.1. The second-order valence-corrected chi connectivity index (χ2v) is 7.46. The monoisotopic (exact) mass is 502 g/mol. The minimum absolute atomic E-state index is 0. The van der Waals surface area contributed by atoms with Gasteiger partial charge in [-0.2, -0.15) is 5.43 Å². The van der Waals surface area contributed by atoms with Gasteiger partial charge in [0, 0.05) is 29.8 Å². The van der Waals surface area contributed by atoms with Crippen LogP contribution >= 0.6 is 11.6 Å². The standard InChI is InChI=1S/C21H15ClN6O5.ClH/c1-13(29)14-5-7-16(8-6-14)25-23-21(15-3-2-4-17(11-15)27(30)31)24-26(25)20-12-18(28(32)33)9-10-19(20)22;/h2-12H,1H3,(H,23,24);1H. The summed E-state index contributed by atoms with van der Waals surface area (Å²) in [5, 5.41) is 30.3. The number of hydrazine groups is 1. The van der Waals surface area contributed by atoms with Crippen LogP contribution in [0.4, 0.5) is 22.7 Å². The Hall–Kier alpha value is -4.06. The molecule has 0 fully saturated rings. The molecule has 1 heterocycles. The molecular weight excluding hydrogens is 487 g/mol. The van der Waals surface area contributed by atoms with Crippen LogP contribution in [0.25, 0.3) is 0 Å². The summed E-state index contributed by atoms with van der Waals surface area (Å²) in [6.07, 6.45) is 0. The van der Waals surface area contributed by atoms with Crippen molar-refractivity contribution in [3.05, 3.63) is 103 Å². The van der Waals surface area contributed by atoms with E-state index >= 15 is 0 Å². The highest BCUT2D eigenvalue weighted by atomic mass is 35.5. The molecule has 13 heteroatoms. The summed E-state index contributed by atoms with van der Waals surface area (Å²) >= 11 is 6.37. The highest BCUT2D eigenvalue weighted by molar-refractivity contribution is 6.33. The predicted octanol–water partition coefficient (Wildman–Crippen LogP) is 0.445. The molecule has 2 N–H and O–H groups in total. The van der Waals surface area contributed by atoms with Gasteiger partial charge in [-0.25, -0.2) is 0 Å². The molecule has 1 aliphatic heterocycles. The van der Waals surface area contributed by atoms with Crippen molar-refractivity contribution in [3.8, 4) is 0 Å². The van der Waals surface area contributed by atoms with Gasteiger partial charge in [-0.15, -0.1) is 10.2 Å². The van der Waals surface area contributed by atoms with Gasteiger partial charge in [-0.05, 0) is 43.3 Å². The third-order valence-electron chi connectivity index (χ3n) is 4.90. The molecule has 0 bridgehead atoms. The molecule has 0 aromatic heterocycles. The predicted molar refractivity (Wildman–Crippen MR) is 121 cm³/mol. The van der Waals surface area contributed by atoms with Gasteiger partial charge in [-0.3, -0.25) is 25.0 Å². The van der Waals surface area contributed by atoms with E-state index in [1.54, 1.807) is 41.8 Å². The Morgan fingerprint density at radius 2 is 1.62 bits per heavy atom. The van der Waals surface area contributed by atoms with Crippen LogP contribution < -0.4 is 28.1 Å². The van der Waals surface area contributed by atoms with E-state index in [1.165, 1.54) is 47.5 Å². The van der Waals surface area contributed by atoms with Crippen molar-refractivity contribution in [2.24, 2.45) is 5.10 Å². The average molecular weight is 503 g/mol. The lowest BCUT2D eigenvalue weighted by Crippen LogP contribution is -3.00. The van der Waals surface area contributed by atoms with E-state index in [2.05, 4.69) is 5.10 Å². The number of halogens is 2. The molecular formula is C21H16Cl2N6O5. The molecule has 0 radical (unpaired) electrons. The second kappa shape index (κ2) is 9.83. The number of quaternary nitrogens is 1. The Bertz CT molecular complexity index is 1320. The highest BCUT2D eigenvalue weighted by Gasteiger charge is 2.34. The maximum absolute atomic E-state index is 11.6. The number of non-ortho nitro benzene ring substituents is 2. The summed E-state index contributed by atoms with van der Waals surface area (Å²) in [7, 11) is 0. The zero-order chi connectivity index (χ0) is 23.7. The van der Waals surface area contributed by atoms with Crippen molar-refractivity contribution < 1.29 is 32.5 Å². The molecule has 4 rings (SSSR count). The van der Waals surface area contributed by atoms with Crippen LogP contribution in [0.15, 0.2) is 71.8 Å². The quantitative estimate of drug-likeness (QED) is 0.223. The van der Waals surface area contributed by atoms with Gasteiger partial charge in [0.25, 0.3) is 17.2 Å². The molecule has 0 amide bonds. The van der Waals surface area contributed by atoms with E-state index in [9.17, 15) is 25.0 Å². The third kappa shape index (κ3) is 4.81. The summed E-state index contributed by atoms with van der Waals surface area (Å²) in [6, 6.07) is 16.6. The van der Waals surface area contributed by atoms with Crippen molar-refractivity contribution >= 4 is 46.0 Å². The van der Waals surface area contributed by atoms with Crippen molar-refractivity contribution in [3.63, 3.8) is 0 Å². The fourth-order valence-electron chi connectivity index (χ4n) is 3.23. The number of Topliss-reactive ketones (excluding diaryl/α,β-unsaturated/α-hetero) is 1. The minimum atomic E-state index is -0.537. The number of nitro benzene ring substituents is 2. The molecule has 0 atom stereocenters. The number of hydrazone groups is 1. The molecule has 0 saturated carbocycles. The summed E-state index contributed by atoms with van der Waals surface area (Å²) in [5.74, 6) is 0.269. The van der Waals surface area contributed by atoms with Crippen LogP contribution in [0.3, 0.4) is 0 Å². The molecule has 34 heavy (non-hydrogen) atoms. The summed E-state index contributed by atoms with van der Waals surface area (Å²) in [5.41, 5.74) is 3.10. The molecule has 1 aliphatic rings. The van der Waals surface area contributed by atoms with Crippen molar-refractivity contribution in [2.45, 2.75) is 6.92 Å². The van der Waals surface area contributed by atoms with Crippen LogP contribution in [-0.4, -0.2) is 21.5 Å². The number of ketones is 1. The Morgan fingerprint density at radius 3 is 2.24 bits per heavy atom. The summed E-state index contributed by atoms with van der Waals surface area (Å²) < 4.78 is 0. The topological polar surface area (TPSA) is 139 Å². The van der Waals surface area contributed by atoms with E-state index in [-0.39, 0.29) is 40.3 Å². The number of nitro groups is 2. The first-order valence-electron chi connectivity index (χ1n) is 9.57. The minimum Gasteiger partial charge on any atom is -1.00 e. The van der Waals surface area contributed by atoms with Crippen LogP contribution in [0, 0.1) is 20.2 Å². The smallest absolute Gasteiger partial charge is 0.277 e. The Labute approximate surface area is 203 Å². The first-order chi connectivity index (χ1) is 15.7. The van der Waals surface area contributed by atoms with E-state index in [1.807, 2.05) is 0 Å². The number of anilines is 2. The number of hydrogen-bond donors (Lipinski definition) is 1. The van der Waals surface area contributed by atoms with Crippen molar-refractivity contribution in [2.75, 3.05) is 10.2 Å². The van der Waals surface area contributed by atoms with Gasteiger partial charge in [0.1, 0.15) is 5.69 Å². The zero-order valence-corrected chi connectivity index (χ0v) is 19.0. The lowest BCUT2D eigenvalue weighted by molar-refractivity contribution is -0.545. The van der Waals surface area contributed by atoms with E-state index in [0.29, 0.717) is 22.6 Å².